The van der Waals surface area contributed by atoms with E-state index in [-0.39, 0.29) is 17.7 Å². The van der Waals surface area contributed by atoms with Crippen molar-refractivity contribution >= 4 is 34.8 Å². The minimum atomic E-state index is -0.430. The number of nitrogens with zero attached hydrogens (tertiary/aromatic N) is 2. The van der Waals surface area contributed by atoms with Gasteiger partial charge < -0.3 is 15.0 Å². The van der Waals surface area contributed by atoms with E-state index in [1.807, 2.05) is 6.92 Å². The predicted octanol–water partition coefficient (Wildman–Crippen LogP) is 3.20. The fraction of sp³-hybridized carbons (Fsp3) is 0.318. The van der Waals surface area contributed by atoms with Crippen molar-refractivity contribution in [2.75, 3.05) is 28.8 Å². The summed E-state index contributed by atoms with van der Waals surface area (Å²) >= 11 is 0. The standard InChI is InChI=1S/C22H23N3O4/c1-3-12-24-19-13-14(21(27)23-15-5-7-16(29-2)8-6-15)4-9-17(19)25-18(22(24)28)10-11-20(25)26/h4-9,13,18H,3,10-12H2,1-2H3,(H,23,27)/t18-/m0/s1. The van der Waals surface area contributed by atoms with Gasteiger partial charge in [0.1, 0.15) is 11.8 Å². The van der Waals surface area contributed by atoms with Crippen LogP contribution in [-0.2, 0) is 9.59 Å². The number of benzene rings is 2. The Balaban J connectivity index is 1.66. The van der Waals surface area contributed by atoms with Crippen LogP contribution in [0.15, 0.2) is 42.5 Å². The van der Waals surface area contributed by atoms with E-state index in [2.05, 4.69) is 5.32 Å². The molecule has 0 unspecified atom stereocenters. The van der Waals surface area contributed by atoms with Crippen molar-refractivity contribution in [1.82, 2.24) is 0 Å². The maximum Gasteiger partial charge on any atom is 0.255 e. The molecule has 0 spiro atoms. The molecule has 0 radical (unpaired) electrons. The molecule has 1 fully saturated rings. The van der Waals surface area contributed by atoms with Crippen LogP contribution in [0.4, 0.5) is 17.1 Å². The van der Waals surface area contributed by atoms with Gasteiger partial charge in [0.25, 0.3) is 5.91 Å². The molecule has 2 aromatic carbocycles. The number of fused-ring (bicyclic) bond motifs is 3. The van der Waals surface area contributed by atoms with Crippen molar-refractivity contribution in [2.24, 2.45) is 0 Å². The third-order valence-electron chi connectivity index (χ3n) is 5.35. The molecule has 1 atom stereocenters. The van der Waals surface area contributed by atoms with Gasteiger partial charge in [0.15, 0.2) is 0 Å². The van der Waals surface area contributed by atoms with E-state index in [0.717, 1.165) is 6.42 Å². The highest BCUT2D eigenvalue weighted by Gasteiger charge is 2.44. The molecule has 0 bridgehead atoms. The van der Waals surface area contributed by atoms with E-state index < -0.39 is 6.04 Å². The zero-order chi connectivity index (χ0) is 20.5. The summed E-state index contributed by atoms with van der Waals surface area (Å²) in [6.07, 6.45) is 1.70. The van der Waals surface area contributed by atoms with Crippen molar-refractivity contribution < 1.29 is 19.1 Å². The number of ether oxygens (including phenoxy) is 1. The first-order valence-electron chi connectivity index (χ1n) is 9.76. The van der Waals surface area contributed by atoms with Crippen molar-refractivity contribution in [2.45, 2.75) is 32.2 Å². The number of carbonyl (C=O) groups excluding carboxylic acids is 3. The Morgan fingerprint density at radius 3 is 2.59 bits per heavy atom. The van der Waals surface area contributed by atoms with Gasteiger partial charge in [-0.1, -0.05) is 6.92 Å². The largest absolute Gasteiger partial charge is 0.497 e. The molecule has 0 aliphatic carbocycles. The number of nitrogens with one attached hydrogen (secondary N) is 1. The molecule has 1 saturated heterocycles. The van der Waals surface area contributed by atoms with Gasteiger partial charge in [-0.2, -0.15) is 0 Å². The molecular formula is C22H23N3O4. The lowest BCUT2D eigenvalue weighted by atomic mass is 10.0. The normalized spacial score (nSPS) is 17.8. The summed E-state index contributed by atoms with van der Waals surface area (Å²) in [6, 6.07) is 11.8. The molecule has 7 nitrogen and oxygen atoms in total. The highest BCUT2D eigenvalue weighted by Crippen LogP contribution is 2.41. The van der Waals surface area contributed by atoms with E-state index in [1.54, 1.807) is 59.4 Å². The third-order valence-corrected chi connectivity index (χ3v) is 5.35. The number of hydrogen-bond donors (Lipinski definition) is 1. The minimum Gasteiger partial charge on any atom is -0.497 e. The molecule has 7 heteroatoms. The maximum absolute atomic E-state index is 13.0. The van der Waals surface area contributed by atoms with Gasteiger partial charge >= 0.3 is 0 Å². The van der Waals surface area contributed by atoms with E-state index in [1.165, 1.54) is 0 Å². The lowest BCUT2D eigenvalue weighted by Gasteiger charge is -2.38. The molecule has 2 aromatic rings. The molecule has 2 aliphatic rings. The Morgan fingerprint density at radius 1 is 1.14 bits per heavy atom. The van der Waals surface area contributed by atoms with Gasteiger partial charge in [0, 0.05) is 24.2 Å². The van der Waals surface area contributed by atoms with Crippen LogP contribution in [-0.4, -0.2) is 37.4 Å². The number of methoxy groups -OCH3 is 1. The molecular weight excluding hydrogens is 370 g/mol. The third kappa shape index (κ3) is 3.33. The van der Waals surface area contributed by atoms with Gasteiger partial charge in [-0.05, 0) is 55.3 Å². The Hall–Kier alpha value is -3.35. The van der Waals surface area contributed by atoms with Crippen molar-refractivity contribution in [3.05, 3.63) is 48.0 Å². The summed E-state index contributed by atoms with van der Waals surface area (Å²) in [5.74, 6) is 0.307. The highest BCUT2D eigenvalue weighted by atomic mass is 16.5. The molecule has 2 heterocycles. The number of amides is 3. The summed E-state index contributed by atoms with van der Waals surface area (Å²) < 4.78 is 5.13. The first-order valence-corrected chi connectivity index (χ1v) is 9.76. The van der Waals surface area contributed by atoms with Gasteiger partial charge in [0.05, 0.1) is 18.5 Å². The molecule has 0 aromatic heterocycles. The molecule has 0 saturated carbocycles. The Bertz CT molecular complexity index is 971. The summed E-state index contributed by atoms with van der Waals surface area (Å²) in [6.45, 7) is 2.55. The molecule has 1 N–H and O–H groups in total. The van der Waals surface area contributed by atoms with Crippen LogP contribution in [0.1, 0.15) is 36.5 Å². The summed E-state index contributed by atoms with van der Waals surface area (Å²) in [7, 11) is 1.58. The van der Waals surface area contributed by atoms with Gasteiger partial charge in [0.2, 0.25) is 11.8 Å². The van der Waals surface area contributed by atoms with E-state index >= 15 is 0 Å². The Kier molecular flexibility index (Phi) is 4.96. The predicted molar refractivity (Wildman–Crippen MR) is 111 cm³/mol. The van der Waals surface area contributed by atoms with E-state index in [4.69, 9.17) is 4.74 Å². The van der Waals surface area contributed by atoms with Gasteiger partial charge in [-0.15, -0.1) is 0 Å². The van der Waals surface area contributed by atoms with E-state index in [9.17, 15) is 14.4 Å². The van der Waals surface area contributed by atoms with Crippen LogP contribution in [0.2, 0.25) is 0 Å². The van der Waals surface area contributed by atoms with Gasteiger partial charge in [-0.3, -0.25) is 19.3 Å². The Morgan fingerprint density at radius 2 is 1.90 bits per heavy atom. The van der Waals surface area contributed by atoms with Crippen molar-refractivity contribution in [1.29, 1.82) is 0 Å². The monoisotopic (exact) mass is 393 g/mol. The minimum absolute atomic E-state index is 0.0452. The first kappa shape index (κ1) is 19.0. The smallest absolute Gasteiger partial charge is 0.255 e. The van der Waals surface area contributed by atoms with Crippen LogP contribution in [0.25, 0.3) is 0 Å². The average molecular weight is 393 g/mol. The van der Waals surface area contributed by atoms with Crippen LogP contribution in [0.5, 0.6) is 5.75 Å². The number of carbonyl (C=O) groups is 3. The second kappa shape index (κ2) is 7.58. The first-order chi connectivity index (χ1) is 14.0. The zero-order valence-corrected chi connectivity index (χ0v) is 16.5. The van der Waals surface area contributed by atoms with Crippen molar-refractivity contribution in [3.8, 4) is 5.75 Å². The van der Waals surface area contributed by atoms with Crippen LogP contribution in [0, 0.1) is 0 Å². The van der Waals surface area contributed by atoms with Crippen LogP contribution < -0.4 is 19.9 Å². The van der Waals surface area contributed by atoms with Gasteiger partial charge in [-0.25, -0.2) is 0 Å². The number of anilines is 3. The summed E-state index contributed by atoms with van der Waals surface area (Å²) in [5, 5.41) is 2.85. The van der Waals surface area contributed by atoms with Crippen LogP contribution >= 0.6 is 0 Å². The topological polar surface area (TPSA) is 79.0 Å². The van der Waals surface area contributed by atoms with E-state index in [0.29, 0.717) is 47.8 Å². The number of rotatable bonds is 5. The Labute approximate surface area is 169 Å². The average Bonchev–Trinajstić information content (AvgIpc) is 3.13. The fourth-order valence-electron chi connectivity index (χ4n) is 3.93. The second-order valence-corrected chi connectivity index (χ2v) is 7.19. The lowest BCUT2D eigenvalue weighted by molar-refractivity contribution is -0.122. The van der Waals surface area contributed by atoms with Crippen molar-refractivity contribution in [3.63, 3.8) is 0 Å². The number of hydrogen-bond acceptors (Lipinski definition) is 4. The van der Waals surface area contributed by atoms with Crippen LogP contribution in [0.3, 0.4) is 0 Å². The SMILES string of the molecule is CCCN1C(=O)[C@@H]2CCC(=O)N2c2ccc(C(=O)Nc3ccc(OC)cc3)cc21. The fourth-order valence-corrected chi connectivity index (χ4v) is 3.93. The molecule has 4 rings (SSSR count). The quantitative estimate of drug-likeness (QED) is 0.846. The summed E-state index contributed by atoms with van der Waals surface area (Å²) in [5.41, 5.74) is 2.39. The molecule has 3 amide bonds. The molecule has 2 aliphatic heterocycles. The second-order valence-electron chi connectivity index (χ2n) is 7.19. The summed E-state index contributed by atoms with van der Waals surface area (Å²) in [4.78, 5) is 41.4. The zero-order valence-electron chi connectivity index (χ0n) is 16.5. The highest BCUT2D eigenvalue weighted by molar-refractivity contribution is 6.16. The maximum atomic E-state index is 13.0. The molecule has 150 valence electrons. The lowest BCUT2D eigenvalue weighted by Crippen LogP contribution is -2.52. The molecule has 29 heavy (non-hydrogen) atoms.